The van der Waals surface area contributed by atoms with Crippen molar-refractivity contribution in [1.82, 2.24) is 0 Å². The molecule has 0 unspecified atom stereocenters. The summed E-state index contributed by atoms with van der Waals surface area (Å²) >= 11 is 1.86. The lowest BCUT2D eigenvalue weighted by atomic mass is 10.1. The first-order valence-electron chi connectivity index (χ1n) is 6.25. The molecule has 94 valence electrons. The summed E-state index contributed by atoms with van der Waals surface area (Å²) in [5.41, 5.74) is 4.43. The van der Waals surface area contributed by atoms with Crippen molar-refractivity contribution in [3.05, 3.63) is 71.8 Å². The molecule has 1 aliphatic rings. The van der Waals surface area contributed by atoms with E-state index in [1.54, 1.807) is 0 Å². The van der Waals surface area contributed by atoms with Gasteiger partial charge in [0, 0.05) is 11.5 Å². The van der Waals surface area contributed by atoms with Crippen LogP contribution in [-0.2, 0) is 0 Å². The molecule has 0 radical (unpaired) electrons. The molecular weight excluding hydrogens is 252 g/mol. The van der Waals surface area contributed by atoms with Crippen molar-refractivity contribution in [2.45, 2.75) is 0 Å². The molecule has 1 aliphatic heterocycles. The molecule has 0 bridgehead atoms. The van der Waals surface area contributed by atoms with Gasteiger partial charge in [-0.3, -0.25) is 0 Å². The summed E-state index contributed by atoms with van der Waals surface area (Å²) in [6.07, 6.45) is 0. The molecule has 1 heterocycles. The Kier molecular flexibility index (Phi) is 3.75. The van der Waals surface area contributed by atoms with Crippen LogP contribution in [0.1, 0.15) is 11.1 Å². The monoisotopic (exact) mass is 266 g/mol. The van der Waals surface area contributed by atoms with Crippen molar-refractivity contribution < 1.29 is 0 Å². The number of rotatable bonds is 2. The highest BCUT2D eigenvalue weighted by atomic mass is 32.2. The molecule has 3 rings (SSSR count). The zero-order valence-corrected chi connectivity index (χ0v) is 11.3. The highest BCUT2D eigenvalue weighted by molar-refractivity contribution is 8.00. The zero-order valence-electron chi connectivity index (χ0n) is 10.5. The van der Waals surface area contributed by atoms with Gasteiger partial charge in [0.25, 0.3) is 0 Å². The van der Waals surface area contributed by atoms with Gasteiger partial charge in [0.2, 0.25) is 0 Å². The van der Waals surface area contributed by atoms with E-state index in [0.29, 0.717) is 0 Å². The van der Waals surface area contributed by atoms with Crippen molar-refractivity contribution in [2.75, 3.05) is 11.5 Å². The first kappa shape index (κ1) is 12.2. The molecule has 0 fully saturated rings. The fourth-order valence-electron chi connectivity index (χ4n) is 1.97. The summed E-state index contributed by atoms with van der Waals surface area (Å²) in [6, 6.07) is 20.5. The number of thioether (sulfide) groups is 1. The molecule has 0 aromatic heterocycles. The van der Waals surface area contributed by atoms with Gasteiger partial charge in [-0.25, -0.2) is 0 Å². The molecule has 0 N–H and O–H groups in total. The summed E-state index contributed by atoms with van der Waals surface area (Å²) in [5, 5.41) is 8.87. The minimum atomic E-state index is 0.907. The Morgan fingerprint density at radius 3 is 1.47 bits per heavy atom. The van der Waals surface area contributed by atoms with E-state index in [-0.39, 0.29) is 0 Å². The predicted molar refractivity (Wildman–Crippen MR) is 83.3 cm³/mol. The Morgan fingerprint density at radius 2 is 1.05 bits per heavy atom. The van der Waals surface area contributed by atoms with Crippen molar-refractivity contribution in [3.63, 3.8) is 0 Å². The predicted octanol–water partition coefficient (Wildman–Crippen LogP) is 3.63. The van der Waals surface area contributed by atoms with E-state index < -0.39 is 0 Å². The number of benzene rings is 2. The van der Waals surface area contributed by atoms with Crippen LogP contribution in [0.5, 0.6) is 0 Å². The summed E-state index contributed by atoms with van der Waals surface area (Å²) in [6.45, 7) is 0. The molecule has 0 aliphatic carbocycles. The number of hydrogen-bond acceptors (Lipinski definition) is 3. The van der Waals surface area contributed by atoms with E-state index in [2.05, 4.69) is 34.5 Å². The lowest BCUT2D eigenvalue weighted by Gasteiger charge is -2.02. The van der Waals surface area contributed by atoms with Crippen molar-refractivity contribution >= 4 is 23.2 Å². The topological polar surface area (TPSA) is 24.7 Å². The first-order valence-corrected chi connectivity index (χ1v) is 7.41. The average Bonchev–Trinajstić information content (AvgIpc) is 2.75. The van der Waals surface area contributed by atoms with Gasteiger partial charge >= 0.3 is 0 Å². The largest absolute Gasteiger partial charge is 0.154 e. The maximum atomic E-state index is 4.44. The summed E-state index contributed by atoms with van der Waals surface area (Å²) < 4.78 is 0. The molecule has 0 atom stereocenters. The SMILES string of the molecule is c1ccc(C2=NN=C(c3ccccc3)CSC2)cc1. The van der Waals surface area contributed by atoms with Crippen LogP contribution in [0.2, 0.25) is 0 Å². The number of hydrogen-bond donors (Lipinski definition) is 0. The fraction of sp³-hybridized carbons (Fsp3) is 0.125. The highest BCUT2D eigenvalue weighted by Gasteiger charge is 2.11. The van der Waals surface area contributed by atoms with Crippen LogP contribution >= 0.6 is 11.8 Å². The summed E-state index contributed by atoms with van der Waals surface area (Å²) in [4.78, 5) is 0. The smallest absolute Gasteiger partial charge is 0.0801 e. The van der Waals surface area contributed by atoms with Gasteiger partial charge < -0.3 is 0 Å². The van der Waals surface area contributed by atoms with Gasteiger partial charge in [0.1, 0.15) is 0 Å². The second-order valence-electron chi connectivity index (χ2n) is 4.32. The summed E-state index contributed by atoms with van der Waals surface area (Å²) in [7, 11) is 0. The van der Waals surface area contributed by atoms with E-state index in [1.165, 1.54) is 0 Å². The maximum Gasteiger partial charge on any atom is 0.0801 e. The van der Waals surface area contributed by atoms with Crippen LogP contribution in [-0.4, -0.2) is 22.9 Å². The molecule has 0 amide bonds. The third-order valence-corrected chi connectivity index (χ3v) is 3.94. The Morgan fingerprint density at radius 1 is 0.632 bits per heavy atom. The Balaban J connectivity index is 1.90. The minimum Gasteiger partial charge on any atom is -0.154 e. The molecule has 2 aromatic rings. The van der Waals surface area contributed by atoms with Crippen molar-refractivity contribution in [3.8, 4) is 0 Å². The third-order valence-electron chi connectivity index (χ3n) is 2.98. The highest BCUT2D eigenvalue weighted by Crippen LogP contribution is 2.15. The molecule has 0 spiro atoms. The van der Waals surface area contributed by atoms with Gasteiger partial charge in [0.05, 0.1) is 11.4 Å². The molecule has 19 heavy (non-hydrogen) atoms. The minimum absolute atomic E-state index is 0.907. The first-order chi connectivity index (χ1) is 9.43. The normalized spacial score (nSPS) is 15.4. The molecular formula is C16H14N2S. The van der Waals surface area contributed by atoms with Gasteiger partial charge in [-0.05, 0) is 11.1 Å². The third kappa shape index (κ3) is 2.93. The molecule has 0 saturated heterocycles. The van der Waals surface area contributed by atoms with Crippen LogP contribution in [0.3, 0.4) is 0 Å². The molecule has 2 nitrogen and oxygen atoms in total. The Bertz CT molecular complexity index is 548. The zero-order chi connectivity index (χ0) is 12.9. The molecule has 0 saturated carbocycles. The van der Waals surface area contributed by atoms with E-state index in [4.69, 9.17) is 0 Å². The van der Waals surface area contributed by atoms with E-state index in [1.807, 2.05) is 48.2 Å². The average molecular weight is 266 g/mol. The van der Waals surface area contributed by atoms with Crippen LogP contribution < -0.4 is 0 Å². The van der Waals surface area contributed by atoms with E-state index in [9.17, 15) is 0 Å². The summed E-state index contributed by atoms with van der Waals surface area (Å²) in [5.74, 6) is 1.81. The Hall–Kier alpha value is -1.87. The Labute approximate surface area is 117 Å². The van der Waals surface area contributed by atoms with Gasteiger partial charge in [-0.2, -0.15) is 10.2 Å². The van der Waals surface area contributed by atoms with Gasteiger partial charge in [-0.15, -0.1) is 11.8 Å². The van der Waals surface area contributed by atoms with Crippen molar-refractivity contribution in [1.29, 1.82) is 0 Å². The maximum absolute atomic E-state index is 4.44. The van der Waals surface area contributed by atoms with E-state index >= 15 is 0 Å². The standard InChI is InChI=1S/C16H14N2S/c1-3-7-13(8-4-1)15-11-19-12-16(18-17-15)14-9-5-2-6-10-14/h1-10H,11-12H2. The molecule has 2 aromatic carbocycles. The van der Waals surface area contributed by atoms with Gasteiger partial charge in [-0.1, -0.05) is 60.7 Å². The fourth-order valence-corrected chi connectivity index (χ4v) is 2.90. The molecule has 3 heteroatoms. The van der Waals surface area contributed by atoms with Crippen LogP contribution in [0.4, 0.5) is 0 Å². The second kappa shape index (κ2) is 5.85. The van der Waals surface area contributed by atoms with Gasteiger partial charge in [0.15, 0.2) is 0 Å². The van der Waals surface area contributed by atoms with E-state index in [0.717, 1.165) is 34.1 Å². The lowest BCUT2D eigenvalue weighted by Crippen LogP contribution is -2.04. The lowest BCUT2D eigenvalue weighted by molar-refractivity contribution is 1.23. The van der Waals surface area contributed by atoms with Crippen LogP contribution in [0, 0.1) is 0 Å². The van der Waals surface area contributed by atoms with Crippen LogP contribution in [0.25, 0.3) is 0 Å². The number of nitrogens with zero attached hydrogens (tertiary/aromatic N) is 2. The second-order valence-corrected chi connectivity index (χ2v) is 5.30. The van der Waals surface area contributed by atoms with Crippen LogP contribution in [0.15, 0.2) is 70.9 Å². The quantitative estimate of drug-likeness (QED) is 0.814. The van der Waals surface area contributed by atoms with Crippen molar-refractivity contribution in [2.24, 2.45) is 10.2 Å².